The van der Waals surface area contributed by atoms with Crippen LogP contribution in [-0.2, 0) is 23.0 Å². The molecule has 0 saturated heterocycles. The fourth-order valence-electron chi connectivity index (χ4n) is 2.96. The smallest absolute Gasteiger partial charge is 0.337 e. The van der Waals surface area contributed by atoms with Gasteiger partial charge in [-0.3, -0.25) is 0 Å². The van der Waals surface area contributed by atoms with Crippen molar-refractivity contribution in [3.05, 3.63) is 95.1 Å². The van der Waals surface area contributed by atoms with Gasteiger partial charge in [-0.15, -0.1) is 0 Å². The SMILES string of the molecule is NS(=O)(=O)c1cc(C(=O)O)c(NCc2ccccc2)cc1Cc1ccccc1. The quantitative estimate of drug-likeness (QED) is 0.568. The number of aromatic carboxylic acids is 1. The van der Waals surface area contributed by atoms with Crippen molar-refractivity contribution >= 4 is 21.7 Å². The molecule has 0 atom stereocenters. The lowest BCUT2D eigenvalue weighted by Crippen LogP contribution is -2.17. The molecule has 144 valence electrons. The van der Waals surface area contributed by atoms with E-state index in [1.807, 2.05) is 60.7 Å². The minimum absolute atomic E-state index is 0.142. The normalized spacial score (nSPS) is 11.2. The van der Waals surface area contributed by atoms with Crippen LogP contribution in [0.15, 0.2) is 77.7 Å². The molecule has 3 aromatic rings. The second-order valence-electron chi connectivity index (χ2n) is 6.36. The van der Waals surface area contributed by atoms with E-state index < -0.39 is 16.0 Å². The summed E-state index contributed by atoms with van der Waals surface area (Å²) in [6, 6.07) is 21.5. The zero-order valence-electron chi connectivity index (χ0n) is 15.0. The molecule has 28 heavy (non-hydrogen) atoms. The van der Waals surface area contributed by atoms with Crippen LogP contribution < -0.4 is 10.5 Å². The Labute approximate surface area is 163 Å². The highest BCUT2D eigenvalue weighted by molar-refractivity contribution is 7.89. The molecule has 0 heterocycles. The molecule has 0 aliphatic heterocycles. The highest BCUT2D eigenvalue weighted by atomic mass is 32.2. The standard InChI is InChI=1S/C21H20N2O4S/c22-28(26,27)20-13-18(21(24)25)19(23-14-16-9-5-2-6-10-16)12-17(20)11-15-7-3-1-4-8-15/h1-10,12-13,23H,11,14H2,(H,24,25)(H2,22,26,27). The van der Waals surface area contributed by atoms with Crippen LogP contribution in [0.3, 0.4) is 0 Å². The van der Waals surface area contributed by atoms with Gasteiger partial charge < -0.3 is 10.4 Å². The molecular weight excluding hydrogens is 376 g/mol. The number of nitrogens with one attached hydrogen (secondary N) is 1. The molecule has 0 aliphatic carbocycles. The van der Waals surface area contributed by atoms with Crippen molar-refractivity contribution in [2.75, 3.05) is 5.32 Å². The molecule has 0 aliphatic rings. The van der Waals surface area contributed by atoms with E-state index in [0.717, 1.165) is 17.2 Å². The van der Waals surface area contributed by atoms with Gasteiger partial charge in [0, 0.05) is 12.2 Å². The molecule has 0 saturated carbocycles. The molecule has 3 aromatic carbocycles. The number of benzene rings is 3. The van der Waals surface area contributed by atoms with Crippen LogP contribution in [-0.4, -0.2) is 19.5 Å². The average molecular weight is 396 g/mol. The molecule has 0 amide bonds. The van der Waals surface area contributed by atoms with Crippen molar-refractivity contribution in [3.63, 3.8) is 0 Å². The lowest BCUT2D eigenvalue weighted by atomic mass is 10.0. The van der Waals surface area contributed by atoms with Gasteiger partial charge in [-0.2, -0.15) is 0 Å². The number of nitrogens with two attached hydrogens (primary N) is 1. The molecular formula is C21H20N2O4S. The lowest BCUT2D eigenvalue weighted by Gasteiger charge is -2.15. The van der Waals surface area contributed by atoms with E-state index in [4.69, 9.17) is 5.14 Å². The maximum atomic E-state index is 12.1. The Morgan fingerprint density at radius 3 is 2.04 bits per heavy atom. The third kappa shape index (κ3) is 4.76. The summed E-state index contributed by atoms with van der Waals surface area (Å²) >= 11 is 0. The summed E-state index contributed by atoms with van der Waals surface area (Å²) in [7, 11) is -4.08. The highest BCUT2D eigenvalue weighted by Gasteiger charge is 2.21. The van der Waals surface area contributed by atoms with E-state index in [-0.39, 0.29) is 10.5 Å². The number of rotatable bonds is 7. The maximum absolute atomic E-state index is 12.1. The topological polar surface area (TPSA) is 109 Å². The summed E-state index contributed by atoms with van der Waals surface area (Å²) < 4.78 is 24.1. The summed E-state index contributed by atoms with van der Waals surface area (Å²) in [5.41, 5.74) is 2.50. The molecule has 0 fully saturated rings. The summed E-state index contributed by atoms with van der Waals surface area (Å²) in [5, 5.41) is 18.0. The number of carboxylic acids is 1. The Morgan fingerprint density at radius 2 is 1.50 bits per heavy atom. The third-order valence-electron chi connectivity index (χ3n) is 4.30. The van der Waals surface area contributed by atoms with E-state index in [1.165, 1.54) is 0 Å². The monoisotopic (exact) mass is 396 g/mol. The van der Waals surface area contributed by atoms with Crippen molar-refractivity contribution in [1.29, 1.82) is 0 Å². The minimum atomic E-state index is -4.08. The Morgan fingerprint density at radius 1 is 0.929 bits per heavy atom. The van der Waals surface area contributed by atoms with Crippen molar-refractivity contribution < 1.29 is 18.3 Å². The fourth-order valence-corrected chi connectivity index (χ4v) is 3.74. The highest BCUT2D eigenvalue weighted by Crippen LogP contribution is 2.27. The van der Waals surface area contributed by atoms with Gasteiger partial charge >= 0.3 is 5.97 Å². The molecule has 0 spiro atoms. The molecule has 0 radical (unpaired) electrons. The van der Waals surface area contributed by atoms with Crippen LogP contribution in [0, 0.1) is 0 Å². The number of hydrogen-bond acceptors (Lipinski definition) is 4. The summed E-state index contributed by atoms with van der Waals surface area (Å²) in [5.74, 6) is -1.23. The molecule has 0 unspecified atom stereocenters. The zero-order chi connectivity index (χ0) is 20.1. The summed E-state index contributed by atoms with van der Waals surface area (Å²) in [6.45, 7) is 0.403. The second kappa shape index (κ2) is 8.24. The van der Waals surface area contributed by atoms with Gasteiger partial charge in [0.1, 0.15) is 0 Å². The number of anilines is 1. The zero-order valence-corrected chi connectivity index (χ0v) is 15.8. The molecule has 0 aromatic heterocycles. The molecule has 3 rings (SSSR count). The first-order valence-corrected chi connectivity index (χ1v) is 10.1. The van der Waals surface area contributed by atoms with Crippen LogP contribution in [0.2, 0.25) is 0 Å². The number of sulfonamides is 1. The first-order chi connectivity index (χ1) is 13.3. The van der Waals surface area contributed by atoms with Crippen molar-refractivity contribution in [2.24, 2.45) is 5.14 Å². The fraction of sp³-hybridized carbons (Fsp3) is 0.0952. The van der Waals surface area contributed by atoms with Crippen LogP contribution >= 0.6 is 0 Å². The van der Waals surface area contributed by atoms with Gasteiger partial charge in [0.25, 0.3) is 0 Å². The van der Waals surface area contributed by atoms with Gasteiger partial charge in [-0.25, -0.2) is 18.4 Å². The molecule has 6 nitrogen and oxygen atoms in total. The maximum Gasteiger partial charge on any atom is 0.337 e. The van der Waals surface area contributed by atoms with Gasteiger partial charge in [-0.1, -0.05) is 60.7 Å². The largest absolute Gasteiger partial charge is 0.478 e. The Kier molecular flexibility index (Phi) is 5.77. The first-order valence-electron chi connectivity index (χ1n) is 8.59. The molecule has 4 N–H and O–H groups in total. The van der Waals surface area contributed by atoms with E-state index in [0.29, 0.717) is 24.2 Å². The van der Waals surface area contributed by atoms with E-state index >= 15 is 0 Å². The number of hydrogen-bond donors (Lipinski definition) is 3. The molecule has 7 heteroatoms. The second-order valence-corrected chi connectivity index (χ2v) is 7.89. The number of primary sulfonamides is 1. The number of carbonyl (C=O) groups is 1. The first kappa shape index (κ1) is 19.6. The Hall–Kier alpha value is -3.16. The van der Waals surface area contributed by atoms with E-state index in [9.17, 15) is 18.3 Å². The van der Waals surface area contributed by atoms with Crippen molar-refractivity contribution in [1.82, 2.24) is 0 Å². The van der Waals surface area contributed by atoms with Gasteiger partial charge in [-0.05, 0) is 35.2 Å². The Balaban J connectivity index is 2.04. The summed E-state index contributed by atoms with van der Waals surface area (Å²) in [4.78, 5) is 11.5. The Bertz CT molecular complexity index is 1080. The van der Waals surface area contributed by atoms with Gasteiger partial charge in [0.15, 0.2) is 0 Å². The summed E-state index contributed by atoms with van der Waals surface area (Å²) in [6.07, 6.45) is 0.312. The van der Waals surface area contributed by atoms with Crippen LogP contribution in [0.4, 0.5) is 5.69 Å². The van der Waals surface area contributed by atoms with Crippen molar-refractivity contribution in [3.8, 4) is 0 Å². The average Bonchev–Trinajstić information content (AvgIpc) is 2.67. The van der Waals surface area contributed by atoms with Crippen LogP contribution in [0.25, 0.3) is 0 Å². The van der Waals surface area contributed by atoms with Crippen LogP contribution in [0.1, 0.15) is 27.0 Å². The number of carboxylic acid groups (broad SMARTS) is 1. The van der Waals surface area contributed by atoms with E-state index in [1.54, 1.807) is 6.07 Å². The predicted molar refractivity (Wildman–Crippen MR) is 108 cm³/mol. The van der Waals surface area contributed by atoms with Gasteiger partial charge in [0.05, 0.1) is 10.5 Å². The molecule has 0 bridgehead atoms. The van der Waals surface area contributed by atoms with Crippen LogP contribution in [0.5, 0.6) is 0 Å². The van der Waals surface area contributed by atoms with E-state index in [2.05, 4.69) is 5.32 Å². The predicted octanol–water partition coefficient (Wildman–Crippen LogP) is 3.24. The lowest BCUT2D eigenvalue weighted by molar-refractivity contribution is 0.0697. The van der Waals surface area contributed by atoms with Crippen molar-refractivity contribution in [2.45, 2.75) is 17.9 Å². The third-order valence-corrected chi connectivity index (χ3v) is 5.29. The minimum Gasteiger partial charge on any atom is -0.478 e. The van der Waals surface area contributed by atoms with Gasteiger partial charge in [0.2, 0.25) is 10.0 Å².